The lowest BCUT2D eigenvalue weighted by molar-refractivity contribution is -0.126. The number of pyridine rings is 1. The Hall–Kier alpha value is -1.16. The van der Waals surface area contributed by atoms with Crippen LogP contribution in [-0.2, 0) is 9.53 Å². The fraction of sp³-hybridized carbons (Fsp3) is 0.143. The third-order valence-corrected chi connectivity index (χ3v) is 0.974. The Kier molecular flexibility index (Phi) is 5.91. The maximum Gasteiger partial charge on any atom is 0.292 e. The van der Waals surface area contributed by atoms with E-state index in [0.717, 1.165) is 6.20 Å². The first-order valence-corrected chi connectivity index (χ1v) is 3.31. The van der Waals surface area contributed by atoms with E-state index >= 15 is 0 Å². The van der Waals surface area contributed by atoms with Gasteiger partial charge in [-0.25, -0.2) is 4.39 Å². The van der Waals surface area contributed by atoms with Crippen molar-refractivity contribution >= 4 is 18.1 Å². The first-order valence-electron chi connectivity index (χ1n) is 2.93. The van der Waals surface area contributed by atoms with Gasteiger partial charge in [0.05, 0.1) is 18.3 Å². The molecule has 0 spiro atoms. The molecule has 0 aliphatic rings. The number of ether oxygens (including phenoxy) is 1. The van der Waals surface area contributed by atoms with Gasteiger partial charge in [-0.3, -0.25) is 9.78 Å². The van der Waals surface area contributed by atoms with Gasteiger partial charge in [0, 0.05) is 6.20 Å². The lowest BCUT2D eigenvalue weighted by Gasteiger charge is -1.84. The van der Waals surface area contributed by atoms with E-state index < -0.39 is 5.82 Å². The van der Waals surface area contributed by atoms with Gasteiger partial charge in [0.15, 0.2) is 0 Å². The second-order valence-electron chi connectivity index (χ2n) is 1.65. The van der Waals surface area contributed by atoms with Crippen LogP contribution < -0.4 is 0 Å². The quantitative estimate of drug-likeness (QED) is 0.634. The molecule has 0 saturated heterocycles. The summed E-state index contributed by atoms with van der Waals surface area (Å²) in [4.78, 5) is 12.4. The highest BCUT2D eigenvalue weighted by atomic mass is 35.5. The minimum atomic E-state index is -0.405. The van der Waals surface area contributed by atoms with Crippen LogP contribution in [0.5, 0.6) is 0 Å². The largest absolute Gasteiger partial charge is 0.471 e. The Morgan fingerprint density at radius 1 is 1.67 bits per heavy atom. The van der Waals surface area contributed by atoms with Crippen LogP contribution in [0.2, 0.25) is 5.02 Å². The van der Waals surface area contributed by atoms with Gasteiger partial charge in [-0.05, 0) is 6.07 Å². The van der Waals surface area contributed by atoms with Gasteiger partial charge in [-0.1, -0.05) is 11.6 Å². The molecule has 1 heterocycles. The number of hydrogen-bond donors (Lipinski definition) is 0. The summed E-state index contributed by atoms with van der Waals surface area (Å²) in [5, 5.41) is 0.324. The molecule has 0 saturated carbocycles. The summed E-state index contributed by atoms with van der Waals surface area (Å²) in [7, 11) is 1.31. The van der Waals surface area contributed by atoms with Crippen molar-refractivity contribution in [1.29, 1.82) is 0 Å². The number of carbonyl (C=O) groups excluding carboxylic acids is 1. The third-order valence-electron chi connectivity index (χ3n) is 0.768. The Morgan fingerprint density at radius 2 is 2.25 bits per heavy atom. The van der Waals surface area contributed by atoms with Crippen molar-refractivity contribution in [1.82, 2.24) is 4.98 Å². The minimum absolute atomic E-state index is 0.324. The molecule has 0 radical (unpaired) electrons. The molecule has 1 aromatic rings. The lowest BCUT2D eigenvalue weighted by Crippen LogP contribution is -1.74. The SMILES string of the molecule is COC=O.Fc1cncc(Cl)c1. The topological polar surface area (TPSA) is 39.2 Å². The van der Waals surface area contributed by atoms with Gasteiger partial charge >= 0.3 is 0 Å². The molecule has 0 unspecified atom stereocenters. The van der Waals surface area contributed by atoms with Crippen molar-refractivity contribution in [3.8, 4) is 0 Å². The summed E-state index contributed by atoms with van der Waals surface area (Å²) < 4.78 is 15.9. The number of carbonyl (C=O) groups is 1. The zero-order chi connectivity index (χ0) is 9.40. The standard InChI is InChI=1S/C5H3ClFN.C2H4O2/c6-4-1-5(7)3-8-2-4;1-4-2-3/h1-3H;2H,1H3. The van der Waals surface area contributed by atoms with Crippen LogP contribution in [0.1, 0.15) is 0 Å². The summed E-state index contributed by atoms with van der Waals surface area (Å²) in [6, 6.07) is 1.20. The van der Waals surface area contributed by atoms with Crippen LogP contribution in [0.4, 0.5) is 4.39 Å². The summed E-state index contributed by atoms with van der Waals surface area (Å²) in [5.41, 5.74) is 0. The Labute approximate surface area is 74.1 Å². The second-order valence-corrected chi connectivity index (χ2v) is 2.09. The highest BCUT2D eigenvalue weighted by Gasteiger charge is 1.88. The van der Waals surface area contributed by atoms with Crippen LogP contribution >= 0.6 is 11.6 Å². The number of rotatable bonds is 1. The average molecular weight is 192 g/mol. The zero-order valence-corrected chi connectivity index (χ0v) is 7.08. The van der Waals surface area contributed by atoms with Gasteiger partial charge in [-0.2, -0.15) is 0 Å². The van der Waals surface area contributed by atoms with Crippen LogP contribution in [0.3, 0.4) is 0 Å². The molecule has 0 atom stereocenters. The molecule has 0 N–H and O–H groups in total. The van der Waals surface area contributed by atoms with Crippen molar-refractivity contribution in [3.63, 3.8) is 0 Å². The molecule has 5 heteroatoms. The molecule has 0 aliphatic heterocycles. The highest BCUT2D eigenvalue weighted by Crippen LogP contribution is 2.05. The number of nitrogens with zero attached hydrogens (tertiary/aromatic N) is 1. The van der Waals surface area contributed by atoms with Crippen LogP contribution in [0.15, 0.2) is 18.5 Å². The maximum absolute atomic E-state index is 12.0. The van der Waals surface area contributed by atoms with Crippen molar-refractivity contribution in [2.75, 3.05) is 7.11 Å². The summed E-state index contributed by atoms with van der Waals surface area (Å²) in [6.07, 6.45) is 2.48. The van der Waals surface area contributed by atoms with E-state index in [2.05, 4.69) is 9.72 Å². The lowest BCUT2D eigenvalue weighted by atomic mass is 10.5. The maximum atomic E-state index is 12.0. The molecule has 1 aromatic heterocycles. The van der Waals surface area contributed by atoms with Gasteiger partial charge in [-0.15, -0.1) is 0 Å². The fourth-order valence-corrected chi connectivity index (χ4v) is 0.547. The molecule has 0 bridgehead atoms. The summed E-state index contributed by atoms with van der Waals surface area (Å²) >= 11 is 5.34. The molecule has 0 aromatic carbocycles. The van der Waals surface area contributed by atoms with E-state index in [4.69, 9.17) is 16.4 Å². The predicted molar refractivity (Wildman–Crippen MR) is 42.3 cm³/mol. The molecule has 1 rings (SSSR count). The molecule has 66 valence electrons. The number of hydrogen-bond acceptors (Lipinski definition) is 3. The van der Waals surface area contributed by atoms with E-state index in [0.29, 0.717) is 11.5 Å². The van der Waals surface area contributed by atoms with E-state index in [-0.39, 0.29) is 0 Å². The van der Waals surface area contributed by atoms with Crippen molar-refractivity contribution in [3.05, 3.63) is 29.3 Å². The third kappa shape index (κ3) is 5.61. The fourth-order valence-electron chi connectivity index (χ4n) is 0.386. The number of methoxy groups -OCH3 is 1. The van der Waals surface area contributed by atoms with E-state index in [1.165, 1.54) is 19.4 Å². The monoisotopic (exact) mass is 191 g/mol. The molecule has 0 fully saturated rings. The molecule has 0 amide bonds. The van der Waals surface area contributed by atoms with Gasteiger partial charge in [0.1, 0.15) is 5.82 Å². The minimum Gasteiger partial charge on any atom is -0.471 e. The zero-order valence-electron chi connectivity index (χ0n) is 6.33. The highest BCUT2D eigenvalue weighted by molar-refractivity contribution is 6.30. The summed E-state index contributed by atoms with van der Waals surface area (Å²) in [5.74, 6) is -0.405. The van der Waals surface area contributed by atoms with E-state index in [1.807, 2.05) is 0 Å². The Bertz CT molecular complexity index is 227. The smallest absolute Gasteiger partial charge is 0.292 e. The molecule has 0 aliphatic carbocycles. The van der Waals surface area contributed by atoms with Gasteiger partial charge in [0.2, 0.25) is 0 Å². The summed E-state index contributed by atoms with van der Waals surface area (Å²) in [6.45, 7) is 0.375. The molecule has 12 heavy (non-hydrogen) atoms. The Balaban J connectivity index is 0.000000261. The average Bonchev–Trinajstić information content (AvgIpc) is 2.04. The Morgan fingerprint density at radius 3 is 2.50 bits per heavy atom. The molecule has 3 nitrogen and oxygen atoms in total. The first-order chi connectivity index (χ1) is 5.70. The first kappa shape index (κ1) is 10.8. The van der Waals surface area contributed by atoms with Crippen LogP contribution in [0, 0.1) is 5.82 Å². The van der Waals surface area contributed by atoms with Crippen LogP contribution in [0.25, 0.3) is 0 Å². The second kappa shape index (κ2) is 6.54. The normalized spacial score (nSPS) is 7.92. The van der Waals surface area contributed by atoms with Crippen molar-refractivity contribution in [2.45, 2.75) is 0 Å². The van der Waals surface area contributed by atoms with Gasteiger partial charge in [0.25, 0.3) is 6.47 Å². The predicted octanol–water partition coefficient (Wildman–Crippen LogP) is 1.66. The van der Waals surface area contributed by atoms with Crippen LogP contribution in [-0.4, -0.2) is 18.6 Å². The van der Waals surface area contributed by atoms with Gasteiger partial charge < -0.3 is 4.74 Å². The van der Waals surface area contributed by atoms with Crippen molar-refractivity contribution in [2.24, 2.45) is 0 Å². The van der Waals surface area contributed by atoms with E-state index in [9.17, 15) is 4.39 Å². The van der Waals surface area contributed by atoms with E-state index in [1.54, 1.807) is 0 Å². The molecular weight excluding hydrogens is 185 g/mol. The molecular formula is C7H7ClFNO2. The number of halogens is 2. The van der Waals surface area contributed by atoms with Crippen molar-refractivity contribution < 1.29 is 13.9 Å². The number of aromatic nitrogens is 1.